The normalized spacial score (nSPS) is 21.8. The lowest BCUT2D eigenvalue weighted by molar-refractivity contribution is 0.362. The highest BCUT2D eigenvalue weighted by molar-refractivity contribution is 5.18. The topological polar surface area (TPSA) is 12.0 Å². The first-order valence-electron chi connectivity index (χ1n) is 7.13. The lowest BCUT2D eigenvalue weighted by atomic mass is 9.97. The third-order valence-electron chi connectivity index (χ3n) is 4.41. The molecule has 2 fully saturated rings. The minimum Gasteiger partial charge on any atom is -0.310 e. The van der Waals surface area contributed by atoms with Gasteiger partial charge in [0, 0.05) is 6.04 Å². The van der Waals surface area contributed by atoms with Crippen LogP contribution in [0.25, 0.3) is 0 Å². The van der Waals surface area contributed by atoms with E-state index < -0.39 is 0 Å². The maximum atomic E-state index is 3.74. The quantitative estimate of drug-likeness (QED) is 0.783. The van der Waals surface area contributed by atoms with Gasteiger partial charge in [0.25, 0.3) is 0 Å². The van der Waals surface area contributed by atoms with Crippen LogP contribution in [0.3, 0.4) is 0 Å². The summed E-state index contributed by atoms with van der Waals surface area (Å²) < 4.78 is 0. The van der Waals surface area contributed by atoms with E-state index in [9.17, 15) is 0 Å². The Morgan fingerprint density at radius 2 is 1.65 bits per heavy atom. The first-order valence-corrected chi connectivity index (χ1v) is 7.13. The van der Waals surface area contributed by atoms with E-state index in [0.717, 1.165) is 17.8 Å². The molecule has 0 radical (unpaired) electrons. The summed E-state index contributed by atoms with van der Waals surface area (Å²) >= 11 is 0. The van der Waals surface area contributed by atoms with Crippen LogP contribution in [0, 0.1) is 17.8 Å². The van der Waals surface area contributed by atoms with E-state index in [2.05, 4.69) is 42.6 Å². The highest BCUT2D eigenvalue weighted by Crippen LogP contribution is 2.48. The number of benzene rings is 1. The zero-order valence-corrected chi connectivity index (χ0v) is 10.7. The van der Waals surface area contributed by atoms with Crippen molar-refractivity contribution >= 4 is 0 Å². The van der Waals surface area contributed by atoms with Crippen LogP contribution in [0.15, 0.2) is 30.3 Å². The second-order valence-electron chi connectivity index (χ2n) is 5.88. The lowest BCUT2D eigenvalue weighted by Crippen LogP contribution is -2.28. The molecule has 1 heteroatoms. The van der Waals surface area contributed by atoms with Crippen LogP contribution in [0.4, 0.5) is 0 Å². The monoisotopic (exact) mass is 229 g/mol. The summed E-state index contributed by atoms with van der Waals surface area (Å²) in [7, 11) is 0. The molecule has 1 aromatic carbocycles. The van der Waals surface area contributed by atoms with E-state index in [1.165, 1.54) is 37.8 Å². The van der Waals surface area contributed by atoms with Crippen molar-refractivity contribution in [1.82, 2.24) is 5.32 Å². The van der Waals surface area contributed by atoms with Gasteiger partial charge in [-0.25, -0.2) is 0 Å². The van der Waals surface area contributed by atoms with Gasteiger partial charge in [-0.3, -0.25) is 0 Å². The molecule has 17 heavy (non-hydrogen) atoms. The fourth-order valence-corrected chi connectivity index (χ4v) is 2.94. The van der Waals surface area contributed by atoms with Gasteiger partial charge < -0.3 is 5.32 Å². The summed E-state index contributed by atoms with van der Waals surface area (Å²) in [5, 5.41) is 3.74. The Labute approximate surface area is 105 Å². The molecule has 92 valence electrons. The molecule has 2 saturated carbocycles. The zero-order chi connectivity index (χ0) is 11.7. The maximum Gasteiger partial charge on any atom is 0.0291 e. The average Bonchev–Trinajstić information content (AvgIpc) is 3.24. The summed E-state index contributed by atoms with van der Waals surface area (Å²) in [4.78, 5) is 0. The van der Waals surface area contributed by atoms with E-state index in [1.54, 1.807) is 0 Å². The summed E-state index contributed by atoms with van der Waals surface area (Å²) in [6, 6.07) is 11.3. The number of nitrogens with one attached hydrogen (secondary N) is 1. The molecule has 0 spiro atoms. The van der Waals surface area contributed by atoms with E-state index in [4.69, 9.17) is 0 Å². The van der Waals surface area contributed by atoms with Gasteiger partial charge in [-0.15, -0.1) is 0 Å². The van der Waals surface area contributed by atoms with Gasteiger partial charge in [0.2, 0.25) is 0 Å². The Bertz CT molecular complexity index is 339. The summed E-state index contributed by atoms with van der Waals surface area (Å²) in [5.74, 6) is 3.08. The largest absolute Gasteiger partial charge is 0.310 e. The molecule has 0 aliphatic heterocycles. The van der Waals surface area contributed by atoms with Gasteiger partial charge in [0.05, 0.1) is 0 Å². The first-order chi connectivity index (χ1) is 8.34. The van der Waals surface area contributed by atoms with Crippen molar-refractivity contribution in [2.24, 2.45) is 17.8 Å². The van der Waals surface area contributed by atoms with Crippen molar-refractivity contribution in [2.45, 2.75) is 38.6 Å². The molecule has 0 bridgehead atoms. The number of rotatable bonds is 6. The standard InChI is InChI=1S/C16H23N/c1-12(13-5-3-2-4-6-13)17-11-16(14-7-8-14)15-9-10-15/h2-6,12,14-17H,7-11H2,1H3. The lowest BCUT2D eigenvalue weighted by Gasteiger charge is -2.20. The van der Waals surface area contributed by atoms with Crippen molar-refractivity contribution in [2.75, 3.05) is 6.54 Å². The molecule has 1 unspecified atom stereocenters. The number of hydrogen-bond donors (Lipinski definition) is 1. The van der Waals surface area contributed by atoms with Gasteiger partial charge in [0.1, 0.15) is 0 Å². The van der Waals surface area contributed by atoms with Crippen molar-refractivity contribution in [3.05, 3.63) is 35.9 Å². The second kappa shape index (κ2) is 4.81. The summed E-state index contributed by atoms with van der Waals surface area (Å²) in [6.07, 6.45) is 5.95. The molecule has 3 rings (SSSR count). The highest BCUT2D eigenvalue weighted by atomic mass is 14.9. The van der Waals surface area contributed by atoms with Crippen molar-refractivity contribution in [1.29, 1.82) is 0 Å². The van der Waals surface area contributed by atoms with Crippen LogP contribution in [0.2, 0.25) is 0 Å². The van der Waals surface area contributed by atoms with Crippen LogP contribution in [-0.4, -0.2) is 6.54 Å². The fourth-order valence-electron chi connectivity index (χ4n) is 2.94. The molecule has 1 atom stereocenters. The second-order valence-corrected chi connectivity index (χ2v) is 5.88. The van der Waals surface area contributed by atoms with Crippen LogP contribution in [0.1, 0.15) is 44.2 Å². The van der Waals surface area contributed by atoms with Gasteiger partial charge in [-0.05, 0) is 62.5 Å². The third kappa shape index (κ3) is 2.90. The molecule has 2 aliphatic carbocycles. The van der Waals surface area contributed by atoms with Gasteiger partial charge >= 0.3 is 0 Å². The molecule has 1 nitrogen and oxygen atoms in total. The van der Waals surface area contributed by atoms with E-state index in [-0.39, 0.29) is 0 Å². The zero-order valence-electron chi connectivity index (χ0n) is 10.7. The predicted octanol–water partition coefficient (Wildman–Crippen LogP) is 3.77. The highest BCUT2D eigenvalue weighted by Gasteiger charge is 2.40. The molecule has 0 heterocycles. The minimum absolute atomic E-state index is 0.496. The van der Waals surface area contributed by atoms with Crippen LogP contribution < -0.4 is 5.32 Å². The van der Waals surface area contributed by atoms with E-state index >= 15 is 0 Å². The fraction of sp³-hybridized carbons (Fsp3) is 0.625. The molecule has 0 amide bonds. The Hall–Kier alpha value is -0.820. The Morgan fingerprint density at radius 3 is 2.18 bits per heavy atom. The van der Waals surface area contributed by atoms with Crippen LogP contribution in [-0.2, 0) is 0 Å². The van der Waals surface area contributed by atoms with Gasteiger partial charge in [-0.2, -0.15) is 0 Å². The van der Waals surface area contributed by atoms with Crippen molar-refractivity contribution in [3.8, 4) is 0 Å². The average molecular weight is 229 g/mol. The van der Waals surface area contributed by atoms with Crippen LogP contribution in [0.5, 0.6) is 0 Å². The Morgan fingerprint density at radius 1 is 1.06 bits per heavy atom. The Kier molecular flexibility index (Phi) is 3.19. The van der Waals surface area contributed by atoms with Crippen LogP contribution >= 0.6 is 0 Å². The van der Waals surface area contributed by atoms with Crippen molar-refractivity contribution in [3.63, 3.8) is 0 Å². The molecule has 0 saturated heterocycles. The van der Waals surface area contributed by atoms with E-state index in [1.807, 2.05) is 0 Å². The Balaban J connectivity index is 1.52. The minimum atomic E-state index is 0.496. The maximum absolute atomic E-state index is 3.74. The van der Waals surface area contributed by atoms with Gasteiger partial charge in [-0.1, -0.05) is 30.3 Å². The predicted molar refractivity (Wildman–Crippen MR) is 71.8 cm³/mol. The third-order valence-corrected chi connectivity index (χ3v) is 4.41. The smallest absolute Gasteiger partial charge is 0.0291 e. The molecule has 1 N–H and O–H groups in total. The molecule has 1 aromatic rings. The first kappa shape index (κ1) is 11.3. The summed E-state index contributed by atoms with van der Waals surface area (Å²) in [5.41, 5.74) is 1.41. The SMILES string of the molecule is CC(NCC(C1CC1)C1CC1)c1ccccc1. The van der Waals surface area contributed by atoms with Crippen molar-refractivity contribution < 1.29 is 0 Å². The number of hydrogen-bond acceptors (Lipinski definition) is 1. The molecular weight excluding hydrogens is 206 g/mol. The molecule has 2 aliphatic rings. The van der Waals surface area contributed by atoms with Gasteiger partial charge in [0.15, 0.2) is 0 Å². The van der Waals surface area contributed by atoms with E-state index in [0.29, 0.717) is 6.04 Å². The molecule has 0 aromatic heterocycles. The summed E-state index contributed by atoms with van der Waals surface area (Å²) in [6.45, 7) is 3.51. The molecular formula is C16H23N.